The van der Waals surface area contributed by atoms with Crippen LogP contribution in [0.3, 0.4) is 0 Å². The van der Waals surface area contributed by atoms with Crippen molar-refractivity contribution in [2.45, 2.75) is 13.3 Å². The zero-order valence-electron chi connectivity index (χ0n) is 15.1. The Morgan fingerprint density at radius 1 is 0.889 bits per heavy atom. The molecule has 4 rings (SSSR count). The quantitative estimate of drug-likeness (QED) is 0.488. The summed E-state index contributed by atoms with van der Waals surface area (Å²) in [5, 5.41) is 1.62. The zero-order chi connectivity index (χ0) is 18.8. The second-order valence-corrected chi connectivity index (χ2v) is 6.71. The molecule has 0 aliphatic carbocycles. The highest BCUT2D eigenvalue weighted by Crippen LogP contribution is 2.27. The monoisotopic (exact) mass is 375 g/mol. The number of para-hydroxylation sites is 1. The van der Waals surface area contributed by atoms with Gasteiger partial charge in [-0.3, -0.25) is 0 Å². The third-order valence-electron chi connectivity index (χ3n) is 4.51. The molecule has 134 valence electrons. The molecule has 0 amide bonds. The molecule has 0 saturated heterocycles. The van der Waals surface area contributed by atoms with Crippen LogP contribution in [-0.4, -0.2) is 22.1 Å². The standard InChI is InChI=1S/C22H18ClN3O/c1-14-11-12-19(24-20(14)13-15-7-3-5-9-17(15)23)21-25-18-10-6-4-8-16(18)22(26-21)27-2/h3-12H,13H2,1-2H3. The highest BCUT2D eigenvalue weighted by molar-refractivity contribution is 6.31. The van der Waals surface area contributed by atoms with Gasteiger partial charge >= 0.3 is 0 Å². The number of nitrogens with zero attached hydrogens (tertiary/aromatic N) is 3. The highest BCUT2D eigenvalue weighted by atomic mass is 35.5. The van der Waals surface area contributed by atoms with Crippen LogP contribution in [0, 0.1) is 6.92 Å². The topological polar surface area (TPSA) is 47.9 Å². The number of fused-ring (bicyclic) bond motifs is 1. The second-order valence-electron chi connectivity index (χ2n) is 6.30. The lowest BCUT2D eigenvalue weighted by Gasteiger charge is -2.10. The minimum atomic E-state index is 0.547. The first kappa shape index (κ1) is 17.4. The van der Waals surface area contributed by atoms with Crippen LogP contribution in [-0.2, 0) is 6.42 Å². The fraction of sp³-hybridized carbons (Fsp3) is 0.136. The Hall–Kier alpha value is -2.98. The van der Waals surface area contributed by atoms with Crippen LogP contribution < -0.4 is 4.74 Å². The van der Waals surface area contributed by atoms with Gasteiger partial charge in [0.2, 0.25) is 5.88 Å². The lowest BCUT2D eigenvalue weighted by molar-refractivity contribution is 0.403. The molecule has 0 aliphatic rings. The highest BCUT2D eigenvalue weighted by Gasteiger charge is 2.13. The Kier molecular flexibility index (Phi) is 4.73. The normalized spacial score (nSPS) is 10.9. The van der Waals surface area contributed by atoms with Gasteiger partial charge in [-0.1, -0.05) is 48.0 Å². The largest absolute Gasteiger partial charge is 0.480 e. The van der Waals surface area contributed by atoms with E-state index in [1.165, 1.54) is 0 Å². The molecule has 0 atom stereocenters. The summed E-state index contributed by atoms with van der Waals surface area (Å²) in [6.07, 6.45) is 0.657. The van der Waals surface area contributed by atoms with Crippen molar-refractivity contribution in [1.29, 1.82) is 0 Å². The molecule has 0 bridgehead atoms. The molecule has 0 spiro atoms. The number of aryl methyl sites for hydroxylation is 1. The molecular formula is C22H18ClN3O. The molecule has 27 heavy (non-hydrogen) atoms. The first-order valence-electron chi connectivity index (χ1n) is 8.67. The molecular weight excluding hydrogens is 358 g/mol. The van der Waals surface area contributed by atoms with Crippen molar-refractivity contribution in [3.63, 3.8) is 0 Å². The van der Waals surface area contributed by atoms with Gasteiger partial charge in [-0.15, -0.1) is 0 Å². The van der Waals surface area contributed by atoms with E-state index in [9.17, 15) is 0 Å². The lowest BCUT2D eigenvalue weighted by atomic mass is 10.1. The van der Waals surface area contributed by atoms with Gasteiger partial charge < -0.3 is 4.74 Å². The first-order valence-corrected chi connectivity index (χ1v) is 9.04. The predicted molar refractivity (Wildman–Crippen MR) is 108 cm³/mol. The maximum absolute atomic E-state index is 6.32. The van der Waals surface area contributed by atoms with Gasteiger partial charge in [0.1, 0.15) is 5.69 Å². The molecule has 2 aromatic heterocycles. The smallest absolute Gasteiger partial charge is 0.224 e. The maximum atomic E-state index is 6.32. The molecule has 0 fully saturated rings. The predicted octanol–water partition coefficient (Wildman–Crippen LogP) is 5.25. The molecule has 2 heterocycles. The van der Waals surface area contributed by atoms with Crippen molar-refractivity contribution in [3.05, 3.63) is 82.5 Å². The summed E-state index contributed by atoms with van der Waals surface area (Å²) < 4.78 is 5.46. The Bertz CT molecular complexity index is 1130. The molecule has 0 saturated carbocycles. The van der Waals surface area contributed by atoms with E-state index in [1.807, 2.05) is 67.6 Å². The number of hydrogen-bond acceptors (Lipinski definition) is 4. The number of methoxy groups -OCH3 is 1. The van der Waals surface area contributed by atoms with Crippen molar-refractivity contribution < 1.29 is 4.74 Å². The van der Waals surface area contributed by atoms with Gasteiger partial charge in [0, 0.05) is 17.1 Å². The summed E-state index contributed by atoms with van der Waals surface area (Å²) in [6, 6.07) is 19.6. The van der Waals surface area contributed by atoms with Crippen molar-refractivity contribution in [2.24, 2.45) is 0 Å². The molecule has 0 aliphatic heterocycles. The SMILES string of the molecule is COc1nc(-c2ccc(C)c(Cc3ccccc3Cl)n2)nc2ccccc12. The minimum Gasteiger partial charge on any atom is -0.480 e. The summed E-state index contributed by atoms with van der Waals surface area (Å²) in [5.74, 6) is 1.09. The number of aromatic nitrogens is 3. The van der Waals surface area contributed by atoms with Gasteiger partial charge in [-0.05, 0) is 42.3 Å². The van der Waals surface area contributed by atoms with E-state index in [0.29, 0.717) is 23.8 Å². The first-order chi connectivity index (χ1) is 13.2. The molecule has 0 N–H and O–H groups in total. The van der Waals surface area contributed by atoms with Crippen LogP contribution >= 0.6 is 11.6 Å². The van der Waals surface area contributed by atoms with Gasteiger partial charge in [0.15, 0.2) is 5.82 Å². The van der Waals surface area contributed by atoms with Gasteiger partial charge in [-0.25, -0.2) is 9.97 Å². The van der Waals surface area contributed by atoms with Crippen molar-refractivity contribution in [3.8, 4) is 17.4 Å². The fourth-order valence-corrected chi connectivity index (χ4v) is 3.22. The van der Waals surface area contributed by atoms with E-state index >= 15 is 0 Å². The van der Waals surface area contributed by atoms with E-state index in [4.69, 9.17) is 21.3 Å². The Labute approximate surface area is 162 Å². The average Bonchev–Trinajstić information content (AvgIpc) is 2.70. The van der Waals surface area contributed by atoms with E-state index in [-0.39, 0.29) is 0 Å². The third-order valence-corrected chi connectivity index (χ3v) is 4.88. The Balaban J connectivity index is 1.79. The summed E-state index contributed by atoms with van der Waals surface area (Å²) >= 11 is 6.32. The summed E-state index contributed by atoms with van der Waals surface area (Å²) in [5.41, 5.74) is 4.65. The fourth-order valence-electron chi connectivity index (χ4n) is 3.01. The molecule has 5 heteroatoms. The number of hydrogen-bond donors (Lipinski definition) is 0. The van der Waals surface area contributed by atoms with Crippen LogP contribution in [0.2, 0.25) is 5.02 Å². The second kappa shape index (κ2) is 7.33. The van der Waals surface area contributed by atoms with Crippen LogP contribution in [0.25, 0.3) is 22.4 Å². The Morgan fingerprint density at radius 2 is 1.67 bits per heavy atom. The Morgan fingerprint density at radius 3 is 2.48 bits per heavy atom. The van der Waals surface area contributed by atoms with E-state index in [0.717, 1.165) is 32.7 Å². The summed E-state index contributed by atoms with van der Waals surface area (Å²) in [7, 11) is 1.62. The summed E-state index contributed by atoms with van der Waals surface area (Å²) in [6.45, 7) is 2.05. The van der Waals surface area contributed by atoms with E-state index in [2.05, 4.69) is 9.97 Å². The zero-order valence-corrected chi connectivity index (χ0v) is 15.9. The molecule has 4 nitrogen and oxygen atoms in total. The number of pyridine rings is 1. The average molecular weight is 376 g/mol. The third kappa shape index (κ3) is 3.49. The maximum Gasteiger partial charge on any atom is 0.224 e. The summed E-state index contributed by atoms with van der Waals surface area (Å²) in [4.78, 5) is 14.1. The molecule has 2 aromatic carbocycles. The van der Waals surface area contributed by atoms with Crippen LogP contribution in [0.1, 0.15) is 16.8 Å². The molecule has 0 radical (unpaired) electrons. The van der Waals surface area contributed by atoms with Crippen LogP contribution in [0.5, 0.6) is 5.88 Å². The number of halogens is 1. The molecule has 4 aromatic rings. The van der Waals surface area contributed by atoms with Gasteiger partial charge in [0.25, 0.3) is 0 Å². The van der Waals surface area contributed by atoms with E-state index in [1.54, 1.807) is 7.11 Å². The van der Waals surface area contributed by atoms with E-state index < -0.39 is 0 Å². The van der Waals surface area contributed by atoms with Crippen LogP contribution in [0.4, 0.5) is 0 Å². The number of ether oxygens (including phenoxy) is 1. The minimum absolute atomic E-state index is 0.547. The van der Waals surface area contributed by atoms with Crippen LogP contribution in [0.15, 0.2) is 60.7 Å². The number of rotatable bonds is 4. The van der Waals surface area contributed by atoms with Gasteiger partial charge in [-0.2, -0.15) is 4.98 Å². The van der Waals surface area contributed by atoms with Crippen molar-refractivity contribution >= 4 is 22.5 Å². The van der Waals surface area contributed by atoms with Crippen molar-refractivity contribution in [2.75, 3.05) is 7.11 Å². The van der Waals surface area contributed by atoms with Crippen molar-refractivity contribution in [1.82, 2.24) is 15.0 Å². The molecule has 0 unspecified atom stereocenters. The van der Waals surface area contributed by atoms with Gasteiger partial charge in [0.05, 0.1) is 18.0 Å². The lowest BCUT2D eigenvalue weighted by Crippen LogP contribution is -2.01. The number of benzene rings is 2.